The standard InChI is InChI=1S/C23H22F2N2O2/c1-15(2)23(3)14-20(28)27(22(29)26(23)4)21-18(24)12-17(13-19(21)25)11-10-16-8-6-5-7-9-16/h5-9,12-13,15H,14H2,1-4H3. The lowest BCUT2D eigenvalue weighted by atomic mass is 9.82. The summed E-state index contributed by atoms with van der Waals surface area (Å²) in [5, 5.41) is 0. The van der Waals surface area contributed by atoms with Crippen LogP contribution >= 0.6 is 0 Å². The fraction of sp³-hybridized carbons (Fsp3) is 0.304. The molecule has 29 heavy (non-hydrogen) atoms. The van der Waals surface area contributed by atoms with Crippen LogP contribution in [0.3, 0.4) is 0 Å². The molecule has 1 aliphatic rings. The number of rotatable bonds is 2. The molecule has 6 heteroatoms. The number of carbonyl (C=O) groups is 2. The van der Waals surface area contributed by atoms with Gasteiger partial charge in [0.1, 0.15) is 5.69 Å². The van der Waals surface area contributed by atoms with Gasteiger partial charge in [-0.25, -0.2) is 18.5 Å². The van der Waals surface area contributed by atoms with Gasteiger partial charge in [0.25, 0.3) is 0 Å². The van der Waals surface area contributed by atoms with Crippen LogP contribution in [0.2, 0.25) is 0 Å². The fourth-order valence-electron chi connectivity index (χ4n) is 3.31. The van der Waals surface area contributed by atoms with Gasteiger partial charge in [-0.1, -0.05) is 43.9 Å². The Bertz CT molecular complexity index is 1000. The van der Waals surface area contributed by atoms with Crippen LogP contribution in [0.5, 0.6) is 0 Å². The maximum atomic E-state index is 14.8. The lowest BCUT2D eigenvalue weighted by Crippen LogP contribution is -2.63. The van der Waals surface area contributed by atoms with Crippen molar-refractivity contribution in [3.63, 3.8) is 0 Å². The second-order valence-corrected chi connectivity index (χ2v) is 7.66. The van der Waals surface area contributed by atoms with Gasteiger partial charge in [0, 0.05) is 18.2 Å². The van der Waals surface area contributed by atoms with E-state index in [1.165, 1.54) is 11.9 Å². The van der Waals surface area contributed by atoms with Gasteiger partial charge in [-0.2, -0.15) is 0 Å². The highest BCUT2D eigenvalue weighted by molar-refractivity contribution is 6.16. The van der Waals surface area contributed by atoms with E-state index < -0.39 is 34.8 Å². The largest absolute Gasteiger partial charge is 0.331 e. The van der Waals surface area contributed by atoms with Crippen LogP contribution in [0.15, 0.2) is 42.5 Å². The summed E-state index contributed by atoms with van der Waals surface area (Å²) in [5.74, 6) is 2.87. The van der Waals surface area contributed by atoms with Gasteiger partial charge in [-0.05, 0) is 37.1 Å². The summed E-state index contributed by atoms with van der Waals surface area (Å²) in [5.41, 5.74) is -0.570. The highest BCUT2D eigenvalue weighted by Gasteiger charge is 2.48. The Morgan fingerprint density at radius 1 is 1.00 bits per heavy atom. The third kappa shape index (κ3) is 3.73. The first-order chi connectivity index (χ1) is 13.6. The second kappa shape index (κ2) is 7.67. The summed E-state index contributed by atoms with van der Waals surface area (Å²) in [7, 11) is 1.54. The molecule has 3 amide bonds. The summed E-state index contributed by atoms with van der Waals surface area (Å²) >= 11 is 0. The van der Waals surface area contributed by atoms with Crippen molar-refractivity contribution in [2.75, 3.05) is 11.9 Å². The van der Waals surface area contributed by atoms with E-state index in [2.05, 4.69) is 11.8 Å². The van der Waals surface area contributed by atoms with E-state index in [-0.39, 0.29) is 17.9 Å². The van der Waals surface area contributed by atoms with Gasteiger partial charge in [-0.15, -0.1) is 0 Å². The van der Waals surface area contributed by atoms with Crippen molar-refractivity contribution in [2.45, 2.75) is 32.7 Å². The zero-order valence-electron chi connectivity index (χ0n) is 16.8. The number of hydrogen-bond donors (Lipinski definition) is 0. The molecule has 2 aromatic carbocycles. The van der Waals surface area contributed by atoms with Crippen molar-refractivity contribution < 1.29 is 18.4 Å². The molecule has 1 atom stereocenters. The van der Waals surface area contributed by atoms with Crippen LogP contribution in [0, 0.1) is 29.4 Å². The van der Waals surface area contributed by atoms with E-state index in [0.717, 1.165) is 12.1 Å². The second-order valence-electron chi connectivity index (χ2n) is 7.66. The lowest BCUT2D eigenvalue weighted by Gasteiger charge is -2.48. The molecule has 1 saturated heterocycles. The molecule has 1 aliphatic heterocycles. The number of urea groups is 1. The summed E-state index contributed by atoms with van der Waals surface area (Å²) in [4.78, 5) is 27.5. The Labute approximate surface area is 169 Å². The smallest absolute Gasteiger partial charge is 0.321 e. The van der Waals surface area contributed by atoms with Gasteiger partial charge in [0.05, 0.1) is 12.0 Å². The Kier molecular flexibility index (Phi) is 5.43. The van der Waals surface area contributed by atoms with E-state index >= 15 is 0 Å². The molecular formula is C23H22F2N2O2. The van der Waals surface area contributed by atoms with E-state index in [4.69, 9.17) is 0 Å². The van der Waals surface area contributed by atoms with E-state index in [1.54, 1.807) is 19.1 Å². The Balaban J connectivity index is 1.97. The highest BCUT2D eigenvalue weighted by atomic mass is 19.1. The Morgan fingerprint density at radius 3 is 2.10 bits per heavy atom. The monoisotopic (exact) mass is 396 g/mol. The van der Waals surface area contributed by atoms with Crippen molar-refractivity contribution in [1.29, 1.82) is 0 Å². The Morgan fingerprint density at radius 2 is 1.55 bits per heavy atom. The van der Waals surface area contributed by atoms with E-state index in [0.29, 0.717) is 10.5 Å². The summed E-state index contributed by atoms with van der Waals surface area (Å²) < 4.78 is 29.5. The van der Waals surface area contributed by atoms with Gasteiger partial charge >= 0.3 is 6.03 Å². The lowest BCUT2D eigenvalue weighted by molar-refractivity contribution is -0.122. The van der Waals surface area contributed by atoms with Crippen LogP contribution in [-0.4, -0.2) is 29.4 Å². The number of hydrogen-bond acceptors (Lipinski definition) is 2. The summed E-state index contributed by atoms with van der Waals surface area (Å²) in [6.45, 7) is 5.59. The summed E-state index contributed by atoms with van der Waals surface area (Å²) in [6, 6.07) is 10.3. The first-order valence-electron chi connectivity index (χ1n) is 9.32. The molecular weight excluding hydrogens is 374 g/mol. The van der Waals surface area contributed by atoms with Crippen molar-refractivity contribution in [3.8, 4) is 11.8 Å². The van der Waals surface area contributed by atoms with Crippen molar-refractivity contribution in [3.05, 3.63) is 65.2 Å². The molecule has 2 aromatic rings. The zero-order chi connectivity index (χ0) is 21.3. The molecule has 0 bridgehead atoms. The maximum Gasteiger partial charge on any atom is 0.331 e. The number of benzene rings is 2. The highest BCUT2D eigenvalue weighted by Crippen LogP contribution is 2.36. The number of nitrogens with zero attached hydrogens (tertiary/aromatic N) is 2. The Hall–Kier alpha value is -3.20. The average Bonchev–Trinajstić information content (AvgIpc) is 2.67. The van der Waals surface area contributed by atoms with Crippen LogP contribution in [0.1, 0.15) is 38.3 Å². The minimum Gasteiger partial charge on any atom is -0.321 e. The fourth-order valence-corrected chi connectivity index (χ4v) is 3.31. The third-order valence-electron chi connectivity index (χ3n) is 5.61. The zero-order valence-corrected chi connectivity index (χ0v) is 16.8. The van der Waals surface area contributed by atoms with Gasteiger partial charge < -0.3 is 4.90 Å². The predicted molar refractivity (Wildman–Crippen MR) is 107 cm³/mol. The molecule has 4 nitrogen and oxygen atoms in total. The number of amides is 3. The number of halogens is 2. The quantitative estimate of drug-likeness (QED) is 0.698. The molecule has 0 N–H and O–H groups in total. The number of carbonyl (C=O) groups excluding carboxylic acids is 2. The number of imide groups is 1. The predicted octanol–water partition coefficient (Wildman–Crippen LogP) is 4.57. The topological polar surface area (TPSA) is 40.6 Å². The molecule has 150 valence electrons. The van der Waals surface area contributed by atoms with Crippen LogP contribution in [0.4, 0.5) is 19.3 Å². The van der Waals surface area contributed by atoms with Crippen LogP contribution < -0.4 is 4.90 Å². The van der Waals surface area contributed by atoms with Crippen molar-refractivity contribution in [1.82, 2.24) is 4.90 Å². The normalized spacial score (nSPS) is 19.4. The molecule has 3 rings (SSSR count). The molecule has 0 saturated carbocycles. The van der Waals surface area contributed by atoms with E-state index in [9.17, 15) is 18.4 Å². The number of anilines is 1. The summed E-state index contributed by atoms with van der Waals surface area (Å²) in [6.07, 6.45) is -0.0264. The van der Waals surface area contributed by atoms with Gasteiger partial charge in [0.2, 0.25) is 5.91 Å². The van der Waals surface area contributed by atoms with Gasteiger partial charge in [-0.3, -0.25) is 4.79 Å². The average molecular weight is 396 g/mol. The van der Waals surface area contributed by atoms with Crippen LogP contribution in [0.25, 0.3) is 0 Å². The maximum absolute atomic E-state index is 14.8. The first-order valence-corrected chi connectivity index (χ1v) is 9.32. The molecule has 0 spiro atoms. The molecule has 0 aromatic heterocycles. The van der Waals surface area contributed by atoms with Crippen molar-refractivity contribution in [2.24, 2.45) is 5.92 Å². The minimum atomic E-state index is -1.01. The molecule has 1 fully saturated rings. The van der Waals surface area contributed by atoms with Gasteiger partial charge in [0.15, 0.2) is 11.6 Å². The SMILES string of the molecule is CC(C)C1(C)CC(=O)N(c2c(F)cc(C#Cc3ccccc3)cc2F)C(=O)N1C. The van der Waals surface area contributed by atoms with E-state index in [1.807, 2.05) is 32.0 Å². The molecule has 0 aliphatic carbocycles. The van der Waals surface area contributed by atoms with Crippen LogP contribution in [-0.2, 0) is 4.79 Å². The first kappa shape index (κ1) is 20.5. The minimum absolute atomic E-state index is 0.00659. The van der Waals surface area contributed by atoms with Crippen molar-refractivity contribution >= 4 is 17.6 Å². The third-order valence-corrected chi connectivity index (χ3v) is 5.61. The molecule has 1 heterocycles. The molecule has 0 radical (unpaired) electrons. The molecule has 1 unspecified atom stereocenters.